The lowest BCUT2D eigenvalue weighted by Gasteiger charge is -2.52. The molecule has 0 N–H and O–H groups in total. The van der Waals surface area contributed by atoms with Gasteiger partial charge in [0.1, 0.15) is 0 Å². The molecule has 0 unspecified atom stereocenters. The van der Waals surface area contributed by atoms with E-state index in [9.17, 15) is 4.79 Å². The molecular formula is C13H23N3O. The van der Waals surface area contributed by atoms with E-state index < -0.39 is 0 Å². The molecule has 0 aromatic carbocycles. The van der Waals surface area contributed by atoms with Gasteiger partial charge < -0.3 is 9.80 Å². The van der Waals surface area contributed by atoms with Gasteiger partial charge in [0.05, 0.1) is 0 Å². The highest BCUT2D eigenvalue weighted by atomic mass is 16.2. The molecule has 0 aliphatic carbocycles. The van der Waals surface area contributed by atoms with Crippen LogP contribution >= 0.6 is 0 Å². The van der Waals surface area contributed by atoms with Crippen LogP contribution < -0.4 is 0 Å². The Morgan fingerprint density at radius 2 is 1.82 bits per heavy atom. The first kappa shape index (κ1) is 12.6. The first-order valence-corrected chi connectivity index (χ1v) is 6.38. The maximum absolute atomic E-state index is 11.7. The molecule has 1 amide bonds. The summed E-state index contributed by atoms with van der Waals surface area (Å²) in [4.78, 5) is 18.5. The Hall–Kier alpha value is -0.870. The summed E-state index contributed by atoms with van der Waals surface area (Å²) in [5, 5.41) is 0. The number of rotatable bonds is 1. The summed E-state index contributed by atoms with van der Waals surface area (Å²) in [5.41, 5.74) is 0.198. The molecule has 1 spiro atoms. The lowest BCUT2D eigenvalue weighted by molar-refractivity contribution is -0.132. The largest absolute Gasteiger partial charge is 0.336 e. The average Bonchev–Trinajstić information content (AvgIpc) is 2.35. The smallest absolute Gasteiger partial charge is 0.246 e. The monoisotopic (exact) mass is 237 g/mol. The van der Waals surface area contributed by atoms with Crippen molar-refractivity contribution < 1.29 is 4.79 Å². The van der Waals surface area contributed by atoms with Gasteiger partial charge in [-0.25, -0.2) is 0 Å². The second-order valence-corrected chi connectivity index (χ2v) is 5.41. The van der Waals surface area contributed by atoms with Crippen molar-refractivity contribution in [1.29, 1.82) is 0 Å². The molecule has 0 bridgehead atoms. The first-order chi connectivity index (χ1) is 8.07. The number of carbonyl (C=O) groups excluding carboxylic acids is 1. The average molecular weight is 237 g/mol. The number of hydrogen-bond donors (Lipinski definition) is 0. The zero-order valence-corrected chi connectivity index (χ0v) is 11.0. The van der Waals surface area contributed by atoms with Gasteiger partial charge in [-0.05, 0) is 46.1 Å². The quantitative estimate of drug-likeness (QED) is 0.618. The Balaban J connectivity index is 2.09. The number of piperazine rings is 1. The van der Waals surface area contributed by atoms with E-state index in [1.165, 1.54) is 6.08 Å². The summed E-state index contributed by atoms with van der Waals surface area (Å²) >= 11 is 0. The highest BCUT2D eigenvalue weighted by Crippen LogP contribution is 2.31. The topological polar surface area (TPSA) is 26.8 Å². The molecule has 0 aromatic heterocycles. The summed E-state index contributed by atoms with van der Waals surface area (Å²) in [7, 11) is 4.36. The molecule has 0 saturated carbocycles. The van der Waals surface area contributed by atoms with Crippen LogP contribution in [0.5, 0.6) is 0 Å². The Kier molecular flexibility index (Phi) is 3.54. The third-order valence-electron chi connectivity index (χ3n) is 4.40. The number of amides is 1. The van der Waals surface area contributed by atoms with E-state index in [2.05, 4.69) is 30.5 Å². The van der Waals surface area contributed by atoms with E-state index in [1.54, 1.807) is 0 Å². The number of hydrogen-bond acceptors (Lipinski definition) is 3. The zero-order valence-electron chi connectivity index (χ0n) is 11.0. The Labute approximate surface area is 104 Å². The summed E-state index contributed by atoms with van der Waals surface area (Å²) in [5.74, 6) is 0.0800. The number of likely N-dealkylation sites (N-methyl/N-ethyl adjacent to an activating group) is 1. The van der Waals surface area contributed by atoms with E-state index in [4.69, 9.17) is 0 Å². The predicted octanol–water partition coefficient (Wildman–Crippen LogP) is 0.411. The van der Waals surface area contributed by atoms with Crippen molar-refractivity contribution >= 4 is 5.91 Å². The van der Waals surface area contributed by atoms with Gasteiger partial charge in [0.25, 0.3) is 0 Å². The molecule has 4 heteroatoms. The normalized spacial score (nSPS) is 26.1. The molecule has 0 aromatic rings. The van der Waals surface area contributed by atoms with Crippen molar-refractivity contribution in [1.82, 2.24) is 14.7 Å². The summed E-state index contributed by atoms with van der Waals surface area (Å²) in [6, 6.07) is 0. The van der Waals surface area contributed by atoms with Gasteiger partial charge >= 0.3 is 0 Å². The van der Waals surface area contributed by atoms with Gasteiger partial charge in [0.2, 0.25) is 5.91 Å². The van der Waals surface area contributed by atoms with Crippen LogP contribution in [0.4, 0.5) is 0 Å². The fraction of sp³-hybridized carbons (Fsp3) is 0.769. The molecule has 96 valence electrons. The van der Waals surface area contributed by atoms with Crippen molar-refractivity contribution in [3.63, 3.8) is 0 Å². The fourth-order valence-corrected chi connectivity index (χ4v) is 2.95. The van der Waals surface area contributed by atoms with Gasteiger partial charge in [0.15, 0.2) is 0 Å². The van der Waals surface area contributed by atoms with Gasteiger partial charge in [0, 0.05) is 25.2 Å². The third-order valence-corrected chi connectivity index (χ3v) is 4.40. The molecule has 17 heavy (non-hydrogen) atoms. The molecule has 2 rings (SSSR count). The molecule has 2 fully saturated rings. The molecule has 4 nitrogen and oxygen atoms in total. The van der Waals surface area contributed by atoms with Crippen molar-refractivity contribution in [2.45, 2.75) is 18.4 Å². The number of carbonyl (C=O) groups is 1. The number of nitrogens with zero attached hydrogens (tertiary/aromatic N) is 3. The molecule has 2 aliphatic heterocycles. The van der Waals surface area contributed by atoms with Crippen LogP contribution in [0.3, 0.4) is 0 Å². The van der Waals surface area contributed by atoms with Crippen LogP contribution in [-0.2, 0) is 4.79 Å². The number of piperidine rings is 1. The lowest BCUT2D eigenvalue weighted by atomic mass is 9.84. The molecule has 0 atom stereocenters. The minimum absolute atomic E-state index is 0.0800. The van der Waals surface area contributed by atoms with E-state index >= 15 is 0 Å². The van der Waals surface area contributed by atoms with Crippen LogP contribution in [0.2, 0.25) is 0 Å². The summed E-state index contributed by atoms with van der Waals surface area (Å²) in [6.07, 6.45) is 3.75. The van der Waals surface area contributed by atoms with Crippen molar-refractivity contribution in [2.24, 2.45) is 0 Å². The van der Waals surface area contributed by atoms with Gasteiger partial charge in [-0.3, -0.25) is 9.69 Å². The molecule has 0 radical (unpaired) electrons. The van der Waals surface area contributed by atoms with Gasteiger partial charge in [-0.15, -0.1) is 0 Å². The minimum atomic E-state index is 0.0800. The Morgan fingerprint density at radius 3 is 2.41 bits per heavy atom. The van der Waals surface area contributed by atoms with Crippen molar-refractivity contribution in [3.8, 4) is 0 Å². The molecule has 2 saturated heterocycles. The summed E-state index contributed by atoms with van der Waals surface area (Å²) < 4.78 is 0. The van der Waals surface area contributed by atoms with Crippen LogP contribution in [0.1, 0.15) is 12.8 Å². The van der Waals surface area contributed by atoms with Crippen LogP contribution in [0.15, 0.2) is 12.7 Å². The molecular weight excluding hydrogens is 214 g/mol. The standard InChI is InChI=1S/C13H23N3O/c1-4-12(17)16-10-9-15(3)13(11-16)5-7-14(2)8-6-13/h4H,1,5-11H2,2-3H3. The lowest BCUT2D eigenvalue weighted by Crippen LogP contribution is -2.64. The van der Waals surface area contributed by atoms with Crippen molar-refractivity contribution in [3.05, 3.63) is 12.7 Å². The Bertz CT molecular complexity index is 308. The van der Waals surface area contributed by atoms with Crippen LogP contribution in [0, 0.1) is 0 Å². The Morgan fingerprint density at radius 1 is 1.18 bits per heavy atom. The summed E-state index contributed by atoms with van der Waals surface area (Å²) in [6.45, 7) is 8.51. The molecule has 2 heterocycles. The maximum atomic E-state index is 11.7. The highest BCUT2D eigenvalue weighted by Gasteiger charge is 2.42. The molecule has 2 aliphatic rings. The van der Waals surface area contributed by atoms with E-state index in [-0.39, 0.29) is 11.4 Å². The van der Waals surface area contributed by atoms with E-state index in [1.807, 2.05) is 4.90 Å². The maximum Gasteiger partial charge on any atom is 0.246 e. The fourth-order valence-electron chi connectivity index (χ4n) is 2.95. The van der Waals surface area contributed by atoms with Gasteiger partial charge in [-0.2, -0.15) is 0 Å². The SMILES string of the molecule is C=CC(=O)N1CCN(C)C2(CCN(C)CC2)C1. The van der Waals surface area contributed by atoms with E-state index in [0.717, 1.165) is 45.6 Å². The highest BCUT2D eigenvalue weighted by molar-refractivity contribution is 5.87. The van der Waals surface area contributed by atoms with E-state index in [0.29, 0.717) is 0 Å². The third kappa shape index (κ3) is 2.38. The number of likely N-dealkylation sites (tertiary alicyclic amines) is 1. The minimum Gasteiger partial charge on any atom is -0.336 e. The van der Waals surface area contributed by atoms with Gasteiger partial charge in [-0.1, -0.05) is 6.58 Å². The zero-order chi connectivity index (χ0) is 12.5. The first-order valence-electron chi connectivity index (χ1n) is 6.38. The van der Waals surface area contributed by atoms with Crippen LogP contribution in [0.25, 0.3) is 0 Å². The van der Waals surface area contributed by atoms with Crippen LogP contribution in [-0.4, -0.2) is 73.0 Å². The second-order valence-electron chi connectivity index (χ2n) is 5.41. The second kappa shape index (κ2) is 4.78. The predicted molar refractivity (Wildman–Crippen MR) is 68.9 cm³/mol. The van der Waals surface area contributed by atoms with Crippen molar-refractivity contribution in [2.75, 3.05) is 46.8 Å².